The van der Waals surface area contributed by atoms with Crippen LogP contribution in [0.2, 0.25) is 0 Å². The predicted molar refractivity (Wildman–Crippen MR) is 69.8 cm³/mol. The zero-order valence-electron chi connectivity index (χ0n) is 9.85. The zero-order valence-corrected chi connectivity index (χ0v) is 9.85. The van der Waals surface area contributed by atoms with Gasteiger partial charge in [0.15, 0.2) is 0 Å². The highest BCUT2D eigenvalue weighted by Gasteiger charge is 1.88. The molecule has 0 unspecified atom stereocenters. The normalized spacial score (nSPS) is 10.5. The molecule has 1 heteroatoms. The lowest BCUT2D eigenvalue weighted by atomic mass is 10.1. The van der Waals surface area contributed by atoms with Crippen LogP contribution in [0, 0.1) is 0 Å². The topological polar surface area (TPSA) is 12.0 Å². The molecule has 0 saturated carbocycles. The highest BCUT2D eigenvalue weighted by molar-refractivity contribution is 5.17. The highest BCUT2D eigenvalue weighted by Crippen LogP contribution is 2.03. The van der Waals surface area contributed by atoms with E-state index in [1.165, 1.54) is 5.57 Å². The van der Waals surface area contributed by atoms with Crippen LogP contribution in [0.3, 0.4) is 0 Å². The van der Waals surface area contributed by atoms with Gasteiger partial charge < -0.3 is 5.32 Å². The summed E-state index contributed by atoms with van der Waals surface area (Å²) in [6.45, 7) is 9.29. The van der Waals surface area contributed by atoms with Crippen molar-refractivity contribution in [1.29, 1.82) is 0 Å². The molecule has 0 rings (SSSR count). The summed E-state index contributed by atoms with van der Waals surface area (Å²) in [5.74, 6) is 0. The average Bonchev–Trinajstić information content (AvgIpc) is 2.18. The van der Waals surface area contributed by atoms with Gasteiger partial charge in [0.2, 0.25) is 0 Å². The first-order valence-corrected chi connectivity index (χ1v) is 5.31. The zero-order chi connectivity index (χ0) is 10.5. The smallest absolute Gasteiger partial charge is 0.00115 e. The van der Waals surface area contributed by atoms with Crippen LogP contribution in [0.15, 0.2) is 23.8 Å². The van der Waals surface area contributed by atoms with Gasteiger partial charge in [-0.05, 0) is 33.4 Å². The van der Waals surface area contributed by atoms with Crippen LogP contribution in [0.4, 0.5) is 0 Å². The van der Waals surface area contributed by atoms with Crippen molar-refractivity contribution < 1.29 is 0 Å². The number of allylic oxidation sites excluding steroid dienone is 3. The fourth-order valence-corrected chi connectivity index (χ4v) is 0.999. The van der Waals surface area contributed by atoms with E-state index >= 15 is 0 Å². The Morgan fingerprint density at radius 1 is 1.29 bits per heavy atom. The molecule has 86 valence electrons. The molecule has 0 spiro atoms. The van der Waals surface area contributed by atoms with Crippen LogP contribution < -0.4 is 5.32 Å². The molecule has 0 amide bonds. The summed E-state index contributed by atoms with van der Waals surface area (Å²) in [4.78, 5) is 0. The maximum atomic E-state index is 3.14. The predicted octanol–water partition coefficient (Wildman–Crippen LogP) is 4.17. The molecule has 0 radical (unpaired) electrons. The van der Waals surface area contributed by atoms with Crippen molar-refractivity contribution in [3.63, 3.8) is 0 Å². The lowest BCUT2D eigenvalue weighted by molar-refractivity contribution is 0.791. The molecule has 0 aromatic heterocycles. The largest absolute Gasteiger partial charge is 0.319 e. The molecule has 0 aromatic rings. The van der Waals surface area contributed by atoms with Crippen LogP contribution in [0.1, 0.15) is 48.0 Å². The Hall–Kier alpha value is -0.560. The van der Waals surface area contributed by atoms with E-state index in [0.717, 1.165) is 19.4 Å². The fourth-order valence-electron chi connectivity index (χ4n) is 0.999. The Balaban J connectivity index is -0.000000376. The van der Waals surface area contributed by atoms with Crippen molar-refractivity contribution in [1.82, 2.24) is 5.32 Å². The van der Waals surface area contributed by atoms with E-state index in [1.54, 1.807) is 0 Å². The van der Waals surface area contributed by atoms with Crippen molar-refractivity contribution in [2.75, 3.05) is 13.6 Å². The van der Waals surface area contributed by atoms with Crippen LogP contribution in [0.5, 0.6) is 0 Å². The van der Waals surface area contributed by atoms with E-state index in [2.05, 4.69) is 37.4 Å². The average molecular weight is 199 g/mol. The molecule has 0 aliphatic rings. The summed E-state index contributed by atoms with van der Waals surface area (Å²) in [5.41, 5.74) is 1.43. The number of hydrogen-bond acceptors (Lipinski definition) is 1. The van der Waals surface area contributed by atoms with Gasteiger partial charge in [0.05, 0.1) is 0 Å². The third kappa shape index (κ3) is 14.0. The number of hydrogen-bond donors (Lipinski definition) is 1. The van der Waals surface area contributed by atoms with Crippen molar-refractivity contribution in [3.8, 4) is 0 Å². The summed E-state index contributed by atoms with van der Waals surface area (Å²) in [6.07, 6.45) is 8.81. The summed E-state index contributed by atoms with van der Waals surface area (Å²) in [7, 11) is 1.99. The van der Waals surface area contributed by atoms with E-state index in [0.29, 0.717) is 0 Å². The minimum Gasteiger partial charge on any atom is -0.319 e. The van der Waals surface area contributed by atoms with E-state index in [9.17, 15) is 0 Å². The molecule has 0 atom stereocenters. The maximum absolute atomic E-state index is 3.14. The molecular formula is C13H29N. The van der Waals surface area contributed by atoms with Crippen molar-refractivity contribution in [2.45, 2.75) is 48.0 Å². The Morgan fingerprint density at radius 3 is 2.21 bits per heavy atom. The second kappa shape index (κ2) is 18.3. The van der Waals surface area contributed by atoms with Gasteiger partial charge in [-0.3, -0.25) is 0 Å². The van der Waals surface area contributed by atoms with Crippen LogP contribution >= 0.6 is 0 Å². The summed E-state index contributed by atoms with van der Waals surface area (Å²) in [6, 6.07) is 0. The van der Waals surface area contributed by atoms with Gasteiger partial charge >= 0.3 is 0 Å². The molecule has 0 fully saturated rings. The Morgan fingerprint density at radius 2 is 1.86 bits per heavy atom. The van der Waals surface area contributed by atoms with Gasteiger partial charge in [-0.2, -0.15) is 0 Å². The third-order valence-electron chi connectivity index (χ3n) is 1.51. The summed E-state index contributed by atoms with van der Waals surface area (Å²) >= 11 is 0. The van der Waals surface area contributed by atoms with Gasteiger partial charge in [0.1, 0.15) is 0 Å². The first-order chi connectivity index (χ1) is 6.35. The standard InChI is InChI=1S/C10H19N.C2H6.CH4/c1-4-6-10(7-5-2)8-9-11-3;1-2;/h4,6-7,11H,5,8-9H2,1-3H3;1-2H3;1H4/b6-4-,10-7+;;. The van der Waals surface area contributed by atoms with E-state index < -0.39 is 0 Å². The van der Waals surface area contributed by atoms with Gasteiger partial charge in [-0.1, -0.05) is 52.0 Å². The van der Waals surface area contributed by atoms with Crippen LogP contribution in [-0.2, 0) is 0 Å². The molecule has 1 N–H and O–H groups in total. The monoisotopic (exact) mass is 199 g/mol. The minimum atomic E-state index is 0. The minimum absolute atomic E-state index is 0. The Kier molecular flexibility index (Phi) is 24.9. The first kappa shape index (κ1) is 19.1. The van der Waals surface area contributed by atoms with Gasteiger partial charge in [0, 0.05) is 0 Å². The molecule has 0 heterocycles. The maximum Gasteiger partial charge on any atom is -0.00115 e. The van der Waals surface area contributed by atoms with Gasteiger partial charge in [0.25, 0.3) is 0 Å². The lowest BCUT2D eigenvalue weighted by Gasteiger charge is -2.00. The lowest BCUT2D eigenvalue weighted by Crippen LogP contribution is -2.07. The molecule has 0 aliphatic carbocycles. The second-order valence-electron chi connectivity index (χ2n) is 2.54. The molecule has 0 saturated heterocycles. The quantitative estimate of drug-likeness (QED) is 0.655. The van der Waals surface area contributed by atoms with Crippen LogP contribution in [-0.4, -0.2) is 13.6 Å². The van der Waals surface area contributed by atoms with Crippen LogP contribution in [0.25, 0.3) is 0 Å². The molecule has 1 nitrogen and oxygen atoms in total. The summed E-state index contributed by atoms with van der Waals surface area (Å²) < 4.78 is 0. The third-order valence-corrected chi connectivity index (χ3v) is 1.51. The molecule has 0 bridgehead atoms. The highest BCUT2D eigenvalue weighted by atomic mass is 14.8. The Bertz CT molecular complexity index is 134. The van der Waals surface area contributed by atoms with E-state index in [-0.39, 0.29) is 7.43 Å². The first-order valence-electron chi connectivity index (χ1n) is 5.31. The van der Waals surface area contributed by atoms with E-state index in [4.69, 9.17) is 0 Å². The van der Waals surface area contributed by atoms with Crippen molar-refractivity contribution in [2.24, 2.45) is 0 Å². The van der Waals surface area contributed by atoms with E-state index in [1.807, 2.05) is 20.9 Å². The van der Waals surface area contributed by atoms with Gasteiger partial charge in [-0.25, -0.2) is 0 Å². The van der Waals surface area contributed by atoms with Gasteiger partial charge in [-0.15, -0.1) is 0 Å². The SMILES string of the molecule is C.C/C=C\C(=C/CC)CCNC.CC. The second-order valence-corrected chi connectivity index (χ2v) is 2.54. The van der Waals surface area contributed by atoms with Crippen molar-refractivity contribution in [3.05, 3.63) is 23.8 Å². The molecule has 0 aliphatic heterocycles. The number of nitrogens with one attached hydrogen (secondary N) is 1. The Labute approximate surface area is 91.3 Å². The molecular weight excluding hydrogens is 170 g/mol. The van der Waals surface area contributed by atoms with Crippen molar-refractivity contribution >= 4 is 0 Å². The molecule has 14 heavy (non-hydrogen) atoms. The molecule has 0 aromatic carbocycles. The fraction of sp³-hybridized carbons (Fsp3) is 0.692. The summed E-state index contributed by atoms with van der Waals surface area (Å²) in [5, 5.41) is 3.14. The number of rotatable bonds is 5.